The van der Waals surface area contributed by atoms with E-state index in [0.717, 1.165) is 13.2 Å². The molecule has 0 bridgehead atoms. The molecular weight excluding hydrogens is 247 g/mol. The highest BCUT2D eigenvalue weighted by molar-refractivity contribution is 6.29. The van der Waals surface area contributed by atoms with Crippen molar-refractivity contribution in [2.45, 2.75) is 12.8 Å². The van der Waals surface area contributed by atoms with E-state index in [-0.39, 0.29) is 5.56 Å². The van der Waals surface area contributed by atoms with Gasteiger partial charge in [0, 0.05) is 0 Å². The van der Waals surface area contributed by atoms with Gasteiger partial charge in [0.25, 0.3) is 6.43 Å². The number of ether oxygens (including phenoxy) is 1. The Kier molecular flexibility index (Phi) is 4.12. The minimum atomic E-state index is -2.93. The molecule has 0 fully saturated rings. The van der Waals surface area contributed by atoms with Gasteiger partial charge in [0.05, 0.1) is 13.5 Å². The minimum Gasteiger partial charge on any atom is -0.469 e. The van der Waals surface area contributed by atoms with Crippen LogP contribution < -0.4 is 0 Å². The smallest absolute Gasteiger partial charge is 0.310 e. The molecule has 0 unspecified atom stereocenters. The average Bonchev–Trinajstić information content (AvgIpc) is 2.22. The summed E-state index contributed by atoms with van der Waals surface area (Å²) in [7, 11) is 1.10. The number of alkyl halides is 2. The fourth-order valence-corrected chi connectivity index (χ4v) is 1.22. The highest BCUT2D eigenvalue weighted by Gasteiger charge is 2.20. The quantitative estimate of drug-likeness (QED) is 0.614. The summed E-state index contributed by atoms with van der Waals surface area (Å²) in [5.41, 5.74) is -0.944. The number of carbonyl (C=O) groups is 1. The summed E-state index contributed by atoms with van der Waals surface area (Å²) in [6.45, 7) is 0. The zero-order valence-electron chi connectivity index (χ0n) is 8.14. The van der Waals surface area contributed by atoms with E-state index in [1.165, 1.54) is 0 Å². The number of methoxy groups -OCH3 is 1. The standard InChI is InChI=1S/C9H7ClF3NO2/c1-16-6(15)3-4-2-5(11)8(10)14-7(4)9(12)13/h2,9H,3H2,1H3. The molecular formula is C9H7ClF3NO2. The molecule has 1 aromatic heterocycles. The SMILES string of the molecule is COC(=O)Cc1cc(F)c(Cl)nc1C(F)F. The Morgan fingerprint density at radius 3 is 2.75 bits per heavy atom. The van der Waals surface area contributed by atoms with Crippen LogP contribution in [0.1, 0.15) is 17.7 Å². The van der Waals surface area contributed by atoms with Gasteiger partial charge in [-0.15, -0.1) is 0 Å². The second-order valence-electron chi connectivity index (χ2n) is 2.86. The summed E-state index contributed by atoms with van der Waals surface area (Å²) in [5.74, 6) is -1.71. The third-order valence-electron chi connectivity index (χ3n) is 1.81. The Labute approximate surface area is 94.2 Å². The van der Waals surface area contributed by atoms with Crippen LogP contribution in [0, 0.1) is 5.82 Å². The largest absolute Gasteiger partial charge is 0.469 e. The van der Waals surface area contributed by atoms with Crippen molar-refractivity contribution in [3.63, 3.8) is 0 Å². The van der Waals surface area contributed by atoms with E-state index in [1.54, 1.807) is 0 Å². The summed E-state index contributed by atoms with van der Waals surface area (Å²) < 4.78 is 42.3. The molecule has 0 aliphatic heterocycles. The van der Waals surface area contributed by atoms with Crippen molar-refractivity contribution in [1.82, 2.24) is 4.98 Å². The number of hydrogen-bond donors (Lipinski definition) is 0. The molecule has 3 nitrogen and oxygen atoms in total. The maximum atomic E-state index is 13.0. The van der Waals surface area contributed by atoms with Crippen LogP contribution in [0.4, 0.5) is 13.2 Å². The molecule has 16 heavy (non-hydrogen) atoms. The molecule has 0 amide bonds. The Bertz CT molecular complexity index is 412. The molecule has 0 radical (unpaired) electrons. The molecule has 0 aromatic carbocycles. The molecule has 1 heterocycles. The highest BCUT2D eigenvalue weighted by Crippen LogP contribution is 2.25. The number of pyridine rings is 1. The zero-order valence-corrected chi connectivity index (χ0v) is 8.89. The Hall–Kier alpha value is -1.30. The molecule has 0 saturated heterocycles. The lowest BCUT2D eigenvalue weighted by Crippen LogP contribution is -2.09. The van der Waals surface area contributed by atoms with Gasteiger partial charge in [-0.1, -0.05) is 11.6 Å². The van der Waals surface area contributed by atoms with Crippen LogP contribution >= 0.6 is 11.6 Å². The average molecular weight is 254 g/mol. The number of esters is 1. The van der Waals surface area contributed by atoms with Gasteiger partial charge in [0.15, 0.2) is 11.0 Å². The molecule has 1 aromatic rings. The van der Waals surface area contributed by atoms with Crippen LogP contribution in [-0.4, -0.2) is 18.1 Å². The highest BCUT2D eigenvalue weighted by atomic mass is 35.5. The lowest BCUT2D eigenvalue weighted by molar-refractivity contribution is -0.139. The summed E-state index contributed by atoms with van der Waals surface area (Å²) in [6.07, 6.45) is -3.41. The lowest BCUT2D eigenvalue weighted by atomic mass is 10.1. The van der Waals surface area contributed by atoms with Gasteiger partial charge in [-0.05, 0) is 11.6 Å². The summed E-state index contributed by atoms with van der Waals surface area (Å²) in [4.78, 5) is 14.1. The molecule has 1 rings (SSSR count). The van der Waals surface area contributed by atoms with E-state index in [1.807, 2.05) is 0 Å². The fourth-order valence-electron chi connectivity index (χ4n) is 1.08. The summed E-state index contributed by atoms with van der Waals surface area (Å²) in [6, 6.07) is 0.758. The Morgan fingerprint density at radius 2 is 2.25 bits per heavy atom. The summed E-state index contributed by atoms with van der Waals surface area (Å²) in [5, 5.41) is -0.649. The van der Waals surface area contributed by atoms with E-state index >= 15 is 0 Å². The minimum absolute atomic E-state index is 0.233. The molecule has 0 aliphatic carbocycles. The fraction of sp³-hybridized carbons (Fsp3) is 0.333. The molecule has 0 atom stereocenters. The van der Waals surface area contributed by atoms with Crippen molar-refractivity contribution in [3.8, 4) is 0 Å². The molecule has 88 valence electrons. The van der Waals surface area contributed by atoms with Gasteiger partial charge >= 0.3 is 5.97 Å². The maximum Gasteiger partial charge on any atom is 0.310 e. The van der Waals surface area contributed by atoms with Gasteiger partial charge in [-0.25, -0.2) is 18.2 Å². The van der Waals surface area contributed by atoms with Crippen molar-refractivity contribution in [3.05, 3.63) is 28.3 Å². The van der Waals surface area contributed by atoms with Gasteiger partial charge < -0.3 is 4.74 Å². The third kappa shape index (κ3) is 2.85. The number of halogens is 4. The summed E-state index contributed by atoms with van der Waals surface area (Å²) >= 11 is 5.26. The van der Waals surface area contributed by atoms with Crippen molar-refractivity contribution >= 4 is 17.6 Å². The number of hydrogen-bond acceptors (Lipinski definition) is 3. The van der Waals surface area contributed by atoms with Crippen LogP contribution in [0.2, 0.25) is 5.15 Å². The van der Waals surface area contributed by atoms with Crippen LogP contribution in [-0.2, 0) is 16.0 Å². The number of nitrogens with zero attached hydrogens (tertiary/aromatic N) is 1. The molecule has 0 spiro atoms. The number of carbonyl (C=O) groups excluding carboxylic acids is 1. The van der Waals surface area contributed by atoms with Gasteiger partial charge in [0.2, 0.25) is 0 Å². The first-order valence-corrected chi connectivity index (χ1v) is 4.53. The topological polar surface area (TPSA) is 39.2 Å². The van der Waals surface area contributed by atoms with E-state index in [4.69, 9.17) is 11.6 Å². The van der Waals surface area contributed by atoms with Crippen molar-refractivity contribution < 1.29 is 22.7 Å². The van der Waals surface area contributed by atoms with Gasteiger partial charge in [0.1, 0.15) is 5.69 Å². The van der Waals surface area contributed by atoms with Crippen LogP contribution in [0.3, 0.4) is 0 Å². The molecule has 0 aliphatic rings. The van der Waals surface area contributed by atoms with E-state index in [2.05, 4.69) is 9.72 Å². The second-order valence-corrected chi connectivity index (χ2v) is 3.22. The van der Waals surface area contributed by atoms with Crippen molar-refractivity contribution in [2.24, 2.45) is 0 Å². The molecule has 0 saturated carbocycles. The van der Waals surface area contributed by atoms with Crippen molar-refractivity contribution in [1.29, 1.82) is 0 Å². The van der Waals surface area contributed by atoms with E-state index in [9.17, 15) is 18.0 Å². The predicted molar refractivity (Wildman–Crippen MR) is 49.9 cm³/mol. The first-order valence-electron chi connectivity index (χ1n) is 4.15. The van der Waals surface area contributed by atoms with Crippen LogP contribution in [0.25, 0.3) is 0 Å². The zero-order chi connectivity index (χ0) is 12.3. The second kappa shape index (κ2) is 5.16. The van der Waals surface area contributed by atoms with Gasteiger partial charge in [-0.2, -0.15) is 0 Å². The number of rotatable bonds is 3. The third-order valence-corrected chi connectivity index (χ3v) is 2.08. The maximum absolute atomic E-state index is 13.0. The Balaban J connectivity index is 3.14. The van der Waals surface area contributed by atoms with Crippen LogP contribution in [0.15, 0.2) is 6.07 Å². The van der Waals surface area contributed by atoms with E-state index < -0.39 is 35.5 Å². The number of aromatic nitrogens is 1. The first-order chi connectivity index (χ1) is 7.45. The normalized spacial score (nSPS) is 10.6. The first kappa shape index (κ1) is 12.8. The van der Waals surface area contributed by atoms with Crippen LogP contribution in [0.5, 0.6) is 0 Å². The van der Waals surface area contributed by atoms with Crippen molar-refractivity contribution in [2.75, 3.05) is 7.11 Å². The van der Waals surface area contributed by atoms with E-state index in [0.29, 0.717) is 0 Å². The molecule has 7 heteroatoms. The predicted octanol–water partition coefficient (Wildman–Crippen LogP) is 2.53. The lowest BCUT2D eigenvalue weighted by Gasteiger charge is -2.07. The molecule has 0 N–H and O–H groups in total. The monoisotopic (exact) mass is 253 g/mol. The van der Waals surface area contributed by atoms with Gasteiger partial charge in [-0.3, -0.25) is 4.79 Å². The Morgan fingerprint density at radius 1 is 1.62 bits per heavy atom.